The van der Waals surface area contributed by atoms with Gasteiger partial charge < -0.3 is 4.74 Å². The van der Waals surface area contributed by atoms with Crippen LogP contribution >= 0.6 is 0 Å². The van der Waals surface area contributed by atoms with Crippen molar-refractivity contribution in [3.63, 3.8) is 0 Å². The predicted octanol–water partition coefficient (Wildman–Crippen LogP) is 8.45. The monoisotopic (exact) mass is 466 g/mol. The first-order chi connectivity index (χ1) is 16.5. The molecule has 34 heavy (non-hydrogen) atoms. The number of hydrogen-bond acceptors (Lipinski definition) is 1. The number of ether oxygens (including phenoxy) is 1. The molecule has 180 valence electrons. The van der Waals surface area contributed by atoms with Gasteiger partial charge >= 0.3 is 0 Å². The lowest BCUT2D eigenvalue weighted by molar-refractivity contribution is 0.305. The van der Waals surface area contributed by atoms with Crippen LogP contribution in [-0.4, -0.2) is 6.61 Å². The summed E-state index contributed by atoms with van der Waals surface area (Å²) in [5.41, 5.74) is 3.52. The minimum atomic E-state index is -0.708. The summed E-state index contributed by atoms with van der Waals surface area (Å²) in [6.45, 7) is 4.52. The molecule has 1 saturated carbocycles. The molecule has 1 saturated heterocycles. The van der Waals surface area contributed by atoms with Crippen molar-refractivity contribution in [2.45, 2.75) is 69.8 Å². The van der Waals surface area contributed by atoms with Gasteiger partial charge in [-0.3, -0.25) is 0 Å². The van der Waals surface area contributed by atoms with Gasteiger partial charge in [-0.2, -0.15) is 0 Å². The molecule has 2 fully saturated rings. The van der Waals surface area contributed by atoms with Crippen molar-refractivity contribution in [2.75, 3.05) is 6.61 Å². The van der Waals surface area contributed by atoms with Crippen LogP contribution in [0.1, 0.15) is 85.6 Å². The Labute approximate surface area is 200 Å². The second-order valence-electron chi connectivity index (χ2n) is 10.3. The molecule has 2 aliphatic carbocycles. The van der Waals surface area contributed by atoms with Crippen molar-refractivity contribution in [1.29, 1.82) is 0 Å². The third-order valence-electron chi connectivity index (χ3n) is 8.13. The Morgan fingerprint density at radius 1 is 0.971 bits per heavy atom. The molecule has 0 aromatic heterocycles. The zero-order valence-corrected chi connectivity index (χ0v) is 19.7. The fraction of sp³-hybridized carbons (Fsp3) is 0.467. The lowest BCUT2D eigenvalue weighted by Crippen LogP contribution is -2.15. The maximum absolute atomic E-state index is 14.9. The Hall–Kier alpha value is -2.33. The normalized spacial score (nSPS) is 26.7. The van der Waals surface area contributed by atoms with E-state index >= 15 is 0 Å². The Bertz CT molecular complexity index is 1080. The molecule has 2 unspecified atom stereocenters. The van der Waals surface area contributed by atoms with Gasteiger partial charge in [0, 0.05) is 5.56 Å². The lowest BCUT2D eigenvalue weighted by atomic mass is 9.76. The summed E-state index contributed by atoms with van der Waals surface area (Å²) in [5, 5.41) is 0. The van der Waals surface area contributed by atoms with Crippen LogP contribution < -0.4 is 0 Å². The SMILES string of the molecule is C=CC1CC=C(c2ccc(CCC3CCC(c4ccc(C5CO5)cc4F)CC3)c(F)c2F)CC1. The van der Waals surface area contributed by atoms with E-state index in [-0.39, 0.29) is 17.8 Å². The number of aryl methyl sites for hydroxylation is 1. The van der Waals surface area contributed by atoms with Crippen LogP contribution in [0.3, 0.4) is 0 Å². The molecule has 0 N–H and O–H groups in total. The predicted molar refractivity (Wildman–Crippen MR) is 130 cm³/mol. The summed E-state index contributed by atoms with van der Waals surface area (Å²) < 4.78 is 49.6. The van der Waals surface area contributed by atoms with Gasteiger partial charge in [0.1, 0.15) is 11.9 Å². The van der Waals surface area contributed by atoms with Crippen LogP contribution in [0.15, 0.2) is 49.1 Å². The van der Waals surface area contributed by atoms with Crippen molar-refractivity contribution in [3.8, 4) is 0 Å². The first-order valence-corrected chi connectivity index (χ1v) is 12.7. The van der Waals surface area contributed by atoms with E-state index in [4.69, 9.17) is 4.74 Å². The number of benzene rings is 2. The zero-order chi connectivity index (χ0) is 23.7. The molecular formula is C30H33F3O. The van der Waals surface area contributed by atoms with Gasteiger partial charge in [-0.1, -0.05) is 36.4 Å². The fourth-order valence-corrected chi connectivity index (χ4v) is 5.78. The van der Waals surface area contributed by atoms with E-state index in [0.29, 0.717) is 36.0 Å². The molecule has 0 bridgehead atoms. The lowest BCUT2D eigenvalue weighted by Gasteiger charge is -2.29. The van der Waals surface area contributed by atoms with E-state index in [0.717, 1.165) is 68.1 Å². The maximum atomic E-state index is 14.9. The van der Waals surface area contributed by atoms with Gasteiger partial charge in [0.2, 0.25) is 0 Å². The fourth-order valence-electron chi connectivity index (χ4n) is 5.78. The van der Waals surface area contributed by atoms with E-state index in [9.17, 15) is 13.2 Å². The molecule has 0 spiro atoms. The Morgan fingerprint density at radius 3 is 2.41 bits per heavy atom. The summed E-state index contributed by atoms with van der Waals surface area (Å²) in [7, 11) is 0. The second kappa shape index (κ2) is 10.1. The van der Waals surface area contributed by atoms with E-state index in [1.807, 2.05) is 24.3 Å². The first kappa shape index (κ1) is 23.4. The Kier molecular flexibility index (Phi) is 6.96. The highest BCUT2D eigenvalue weighted by Gasteiger charge is 2.28. The third-order valence-corrected chi connectivity index (χ3v) is 8.13. The van der Waals surface area contributed by atoms with Crippen LogP contribution in [0.5, 0.6) is 0 Å². The number of allylic oxidation sites excluding steroid dienone is 3. The molecule has 4 heteroatoms. The molecule has 2 aromatic carbocycles. The average molecular weight is 467 g/mol. The van der Waals surface area contributed by atoms with Crippen LogP contribution in [0.2, 0.25) is 0 Å². The van der Waals surface area contributed by atoms with E-state index in [1.165, 1.54) is 0 Å². The van der Waals surface area contributed by atoms with E-state index in [2.05, 4.69) is 6.58 Å². The molecule has 1 heterocycles. The number of halogens is 3. The van der Waals surface area contributed by atoms with Crippen molar-refractivity contribution in [2.24, 2.45) is 11.8 Å². The summed E-state index contributed by atoms with van der Waals surface area (Å²) in [4.78, 5) is 0. The van der Waals surface area contributed by atoms with Crippen molar-refractivity contribution in [1.82, 2.24) is 0 Å². The Balaban J connectivity index is 1.16. The largest absolute Gasteiger partial charge is 0.368 e. The van der Waals surface area contributed by atoms with E-state index in [1.54, 1.807) is 18.2 Å². The van der Waals surface area contributed by atoms with Gasteiger partial charge in [0.25, 0.3) is 0 Å². The molecule has 1 nitrogen and oxygen atoms in total. The van der Waals surface area contributed by atoms with Gasteiger partial charge in [0.15, 0.2) is 11.6 Å². The van der Waals surface area contributed by atoms with Crippen molar-refractivity contribution >= 4 is 5.57 Å². The van der Waals surface area contributed by atoms with Crippen LogP contribution in [0.25, 0.3) is 5.57 Å². The number of epoxide rings is 1. The molecule has 5 rings (SSSR count). The topological polar surface area (TPSA) is 12.5 Å². The third kappa shape index (κ3) is 5.02. The van der Waals surface area contributed by atoms with Crippen molar-refractivity contribution in [3.05, 3.63) is 88.8 Å². The standard InChI is InChI=1S/C30H33F3O/c1-2-19-3-8-22(9-4-19)26-16-13-23(29(32)30(26)33)12-7-20-5-10-21(11-6-20)25-15-14-24(17-27(25)31)28-18-34-28/h2,8,13-17,19-21,28H,1,3-7,9-12,18H2. The van der Waals surface area contributed by atoms with Gasteiger partial charge in [-0.05, 0) is 104 Å². The maximum Gasteiger partial charge on any atom is 0.166 e. The van der Waals surface area contributed by atoms with Crippen molar-refractivity contribution < 1.29 is 17.9 Å². The highest BCUT2D eigenvalue weighted by atomic mass is 19.2. The zero-order valence-electron chi connectivity index (χ0n) is 19.7. The van der Waals surface area contributed by atoms with Gasteiger partial charge in [-0.25, -0.2) is 13.2 Å². The molecule has 0 radical (unpaired) electrons. The average Bonchev–Trinajstić information content (AvgIpc) is 3.71. The summed E-state index contributed by atoms with van der Waals surface area (Å²) >= 11 is 0. The second-order valence-corrected chi connectivity index (χ2v) is 10.3. The summed E-state index contributed by atoms with van der Waals surface area (Å²) in [6.07, 6.45) is 11.8. The molecular weight excluding hydrogens is 433 g/mol. The molecule has 3 aliphatic rings. The summed E-state index contributed by atoms with van der Waals surface area (Å²) in [6, 6.07) is 9.06. The first-order valence-electron chi connectivity index (χ1n) is 12.7. The number of hydrogen-bond donors (Lipinski definition) is 0. The molecule has 0 amide bonds. The van der Waals surface area contributed by atoms with Crippen LogP contribution in [-0.2, 0) is 11.2 Å². The molecule has 1 aliphatic heterocycles. The molecule has 2 aromatic rings. The molecule has 2 atom stereocenters. The highest BCUT2D eigenvalue weighted by Crippen LogP contribution is 2.40. The minimum Gasteiger partial charge on any atom is -0.368 e. The smallest absolute Gasteiger partial charge is 0.166 e. The Morgan fingerprint density at radius 2 is 1.76 bits per heavy atom. The van der Waals surface area contributed by atoms with Crippen LogP contribution in [0, 0.1) is 29.3 Å². The van der Waals surface area contributed by atoms with Crippen LogP contribution in [0.4, 0.5) is 13.2 Å². The minimum absolute atomic E-state index is 0.0718. The highest BCUT2D eigenvalue weighted by molar-refractivity contribution is 5.67. The summed E-state index contributed by atoms with van der Waals surface area (Å²) in [5.74, 6) is -0.387. The quantitative estimate of drug-likeness (QED) is 0.295. The van der Waals surface area contributed by atoms with E-state index < -0.39 is 11.6 Å². The van der Waals surface area contributed by atoms with Gasteiger partial charge in [0.05, 0.1) is 6.61 Å². The van der Waals surface area contributed by atoms with Gasteiger partial charge in [-0.15, -0.1) is 6.58 Å². The number of rotatable bonds is 7.